The summed E-state index contributed by atoms with van der Waals surface area (Å²) in [5.74, 6) is 0. The van der Waals surface area contributed by atoms with Crippen LogP contribution in [0.5, 0.6) is 0 Å². The summed E-state index contributed by atoms with van der Waals surface area (Å²) in [6, 6.07) is -0.538. The number of hydrogen-bond donors (Lipinski definition) is 1. The summed E-state index contributed by atoms with van der Waals surface area (Å²) in [6.45, 7) is 31.4. The molecular weight excluding hydrogens is 638 g/mol. The minimum atomic E-state index is -2.90. The SMILES string of the molecule is CC(C)[Si]1(C(C)C)OC[C@H]2O[C@@H]([B]NC(=S)OC[Si](C)(C)C)C(OC(=S)OC[Si](C)(C)C)[C@H]2O[Si](C(C)C)(C(C)C)O1. The second kappa shape index (κ2) is 15.2. The topological polar surface area (TPSA) is 76.6 Å². The third-order valence-electron chi connectivity index (χ3n) is 7.53. The minimum Gasteiger partial charge on any atom is -0.476 e. The molecule has 0 amide bonds. The Morgan fingerprint density at radius 3 is 1.81 bits per heavy atom. The number of nitrogens with one attached hydrogen (secondary N) is 1. The second-order valence-electron chi connectivity index (χ2n) is 15.3. The van der Waals surface area contributed by atoms with Crippen LogP contribution in [0.4, 0.5) is 0 Å². The van der Waals surface area contributed by atoms with E-state index in [1.54, 1.807) is 7.41 Å². The first-order valence-corrected chi connectivity index (χ1v) is 27.6. The maximum Gasteiger partial charge on any atom is 0.352 e. The van der Waals surface area contributed by atoms with Crippen LogP contribution in [0.25, 0.3) is 0 Å². The van der Waals surface area contributed by atoms with Crippen LogP contribution in [0.3, 0.4) is 0 Å². The highest BCUT2D eigenvalue weighted by molar-refractivity contribution is 7.80. The zero-order chi connectivity index (χ0) is 32.3. The minimum absolute atomic E-state index is 0.101. The molecule has 243 valence electrons. The number of fused-ring (bicyclic) bond motifs is 1. The van der Waals surface area contributed by atoms with Crippen LogP contribution in [0.1, 0.15) is 55.4 Å². The lowest BCUT2D eigenvalue weighted by Crippen LogP contribution is -2.66. The summed E-state index contributed by atoms with van der Waals surface area (Å²) in [5, 5.41) is 3.54. The van der Waals surface area contributed by atoms with Gasteiger partial charge in [-0.25, -0.2) is 0 Å². The Morgan fingerprint density at radius 2 is 1.33 bits per heavy atom. The average Bonchev–Trinajstić information content (AvgIpc) is 3.13. The Balaban J connectivity index is 2.46. The van der Waals surface area contributed by atoms with Gasteiger partial charge in [-0.05, 0) is 34.4 Å². The lowest BCUT2D eigenvalue weighted by Gasteiger charge is -2.51. The van der Waals surface area contributed by atoms with Gasteiger partial charge in [0.25, 0.3) is 7.41 Å². The van der Waals surface area contributed by atoms with Gasteiger partial charge in [-0.15, -0.1) is 0 Å². The first-order valence-electron chi connectivity index (χ1n) is 15.4. The molecule has 2 fully saturated rings. The standard InChI is InChI=1S/C27H57BNO7S2Si4/c1-18(2)41(19(3)4)32-15-22-23(35-42(36-41,20(5)6)21(7)8)24(34-27(38)31-17-40(12,13)14)25(33-22)28-29-26(37)30-16-39(9,10)11/h18-25H,15-17H2,1-14H3,(H,29,37)/t22-,23+,24?,25-/m1/s1. The van der Waals surface area contributed by atoms with Crippen LogP contribution in [0.15, 0.2) is 0 Å². The summed E-state index contributed by atoms with van der Waals surface area (Å²) in [5.41, 5.74) is 0.818. The van der Waals surface area contributed by atoms with Crippen LogP contribution < -0.4 is 5.23 Å². The first-order chi connectivity index (χ1) is 19.1. The van der Waals surface area contributed by atoms with E-state index in [1.807, 2.05) is 0 Å². The van der Waals surface area contributed by atoms with Gasteiger partial charge in [-0.2, -0.15) is 0 Å². The maximum absolute atomic E-state index is 7.36. The molecule has 8 nitrogen and oxygen atoms in total. The molecule has 0 aromatic heterocycles. The van der Waals surface area contributed by atoms with Gasteiger partial charge >= 0.3 is 22.4 Å². The number of rotatable bonds is 11. The van der Waals surface area contributed by atoms with Crippen molar-refractivity contribution in [1.29, 1.82) is 0 Å². The zero-order valence-electron chi connectivity index (χ0n) is 28.5. The van der Waals surface area contributed by atoms with Gasteiger partial charge in [-0.3, -0.25) is 0 Å². The van der Waals surface area contributed by atoms with Crippen LogP contribution in [-0.2, 0) is 31.9 Å². The van der Waals surface area contributed by atoms with Crippen molar-refractivity contribution in [3.63, 3.8) is 0 Å². The van der Waals surface area contributed by atoms with Gasteiger partial charge in [0.2, 0.25) is 5.17 Å². The van der Waals surface area contributed by atoms with Crippen molar-refractivity contribution in [2.24, 2.45) is 0 Å². The fourth-order valence-corrected chi connectivity index (χ4v) is 18.2. The van der Waals surface area contributed by atoms with E-state index in [9.17, 15) is 0 Å². The Bertz CT molecular complexity index is 902. The van der Waals surface area contributed by atoms with E-state index in [1.165, 1.54) is 0 Å². The molecule has 0 aromatic carbocycles. The van der Waals surface area contributed by atoms with Crippen molar-refractivity contribution < 1.29 is 31.9 Å². The third-order valence-corrected chi connectivity index (χ3v) is 20.3. The largest absolute Gasteiger partial charge is 0.476 e. The molecule has 0 aromatic rings. The van der Waals surface area contributed by atoms with E-state index in [4.69, 9.17) is 56.4 Å². The molecule has 2 aliphatic heterocycles. The van der Waals surface area contributed by atoms with Crippen LogP contribution in [0.2, 0.25) is 61.4 Å². The molecule has 0 saturated carbocycles. The Hall–Kier alpha value is 0.152. The predicted octanol–water partition coefficient (Wildman–Crippen LogP) is 6.62. The highest BCUT2D eigenvalue weighted by Crippen LogP contribution is 2.47. The van der Waals surface area contributed by atoms with E-state index in [0.29, 0.717) is 24.2 Å². The van der Waals surface area contributed by atoms with Gasteiger partial charge in [0.15, 0.2) is 6.10 Å². The highest BCUT2D eigenvalue weighted by Gasteiger charge is 2.62. The zero-order valence-corrected chi connectivity index (χ0v) is 34.1. The molecular formula is C27H57BNO7S2Si4. The fourth-order valence-electron chi connectivity index (χ4n) is 5.33. The molecule has 2 heterocycles. The molecule has 15 heteroatoms. The van der Waals surface area contributed by atoms with E-state index >= 15 is 0 Å². The molecule has 2 saturated heterocycles. The molecule has 1 N–H and O–H groups in total. The Kier molecular flexibility index (Phi) is 13.8. The maximum atomic E-state index is 7.36. The summed E-state index contributed by atoms with van der Waals surface area (Å²) in [6.07, 6.45) is -0.247. The lowest BCUT2D eigenvalue weighted by molar-refractivity contribution is -0.0325. The summed E-state index contributed by atoms with van der Waals surface area (Å²) < 4.78 is 46.4. The Labute approximate surface area is 271 Å². The lowest BCUT2D eigenvalue weighted by atomic mass is 9.81. The van der Waals surface area contributed by atoms with Crippen LogP contribution in [0, 0.1) is 0 Å². The first kappa shape index (κ1) is 38.3. The van der Waals surface area contributed by atoms with Crippen molar-refractivity contribution in [3.05, 3.63) is 0 Å². The second-order valence-corrected chi connectivity index (χ2v) is 35.7. The monoisotopic (exact) mass is 694 g/mol. The van der Waals surface area contributed by atoms with E-state index < -0.39 is 51.5 Å². The average molecular weight is 695 g/mol. The van der Waals surface area contributed by atoms with E-state index in [2.05, 4.69) is 99.9 Å². The van der Waals surface area contributed by atoms with Crippen molar-refractivity contribution in [2.75, 3.05) is 19.1 Å². The molecule has 42 heavy (non-hydrogen) atoms. The Morgan fingerprint density at radius 1 is 0.833 bits per heavy atom. The van der Waals surface area contributed by atoms with Gasteiger partial charge < -0.3 is 37.1 Å². The summed E-state index contributed by atoms with van der Waals surface area (Å²) in [7, 11) is -6.77. The molecule has 4 atom stereocenters. The third kappa shape index (κ3) is 10.1. The van der Waals surface area contributed by atoms with Crippen molar-refractivity contribution >= 4 is 75.5 Å². The number of hydrogen-bond acceptors (Lipinski definition) is 9. The van der Waals surface area contributed by atoms with Gasteiger partial charge in [0.1, 0.15) is 12.2 Å². The van der Waals surface area contributed by atoms with Crippen molar-refractivity contribution in [2.45, 2.75) is 141 Å². The molecule has 0 aliphatic carbocycles. The van der Waals surface area contributed by atoms with Crippen molar-refractivity contribution in [3.8, 4) is 0 Å². The highest BCUT2D eigenvalue weighted by atomic mass is 32.1. The van der Waals surface area contributed by atoms with Gasteiger partial charge in [-0.1, -0.05) is 94.7 Å². The van der Waals surface area contributed by atoms with Crippen molar-refractivity contribution in [1.82, 2.24) is 5.23 Å². The van der Waals surface area contributed by atoms with Gasteiger partial charge in [0, 0.05) is 12.2 Å². The molecule has 1 radical (unpaired) electrons. The predicted molar refractivity (Wildman–Crippen MR) is 190 cm³/mol. The molecule has 2 rings (SSSR count). The quantitative estimate of drug-likeness (QED) is 0.189. The normalized spacial score (nSPS) is 26.0. The summed E-state index contributed by atoms with van der Waals surface area (Å²) in [4.78, 5) is 0. The van der Waals surface area contributed by atoms with Crippen LogP contribution in [-0.4, -0.2) is 94.5 Å². The number of ether oxygens (including phenoxy) is 4. The molecule has 2 aliphatic rings. The van der Waals surface area contributed by atoms with E-state index in [-0.39, 0.29) is 33.5 Å². The fraction of sp³-hybridized carbons (Fsp3) is 0.926. The van der Waals surface area contributed by atoms with E-state index in [0.717, 1.165) is 0 Å². The number of thiocarbonyl (C=S) groups is 2. The van der Waals surface area contributed by atoms with Gasteiger partial charge in [0.05, 0.1) is 41.2 Å². The molecule has 1 unspecified atom stereocenters. The molecule has 0 bridgehead atoms. The smallest absolute Gasteiger partial charge is 0.352 e. The molecule has 0 spiro atoms. The van der Waals surface area contributed by atoms with Crippen LogP contribution >= 0.6 is 24.4 Å². The summed E-state index contributed by atoms with van der Waals surface area (Å²) >= 11 is 11.1.